The first kappa shape index (κ1) is 19.5. The van der Waals surface area contributed by atoms with Crippen molar-refractivity contribution in [2.24, 2.45) is 5.41 Å². The van der Waals surface area contributed by atoms with Crippen LogP contribution in [0.2, 0.25) is 0 Å². The predicted molar refractivity (Wildman–Crippen MR) is 99.5 cm³/mol. The van der Waals surface area contributed by atoms with Crippen LogP contribution in [0.1, 0.15) is 52.2 Å². The number of hydrogen-bond acceptors (Lipinski definition) is 2. The Morgan fingerprint density at radius 1 is 1.14 bits per heavy atom. The van der Waals surface area contributed by atoms with E-state index < -0.39 is 30.0 Å². The average molecular weight is 403 g/mol. The highest BCUT2D eigenvalue weighted by atomic mass is 19.4. The van der Waals surface area contributed by atoms with Crippen molar-refractivity contribution >= 4 is 11.9 Å². The van der Waals surface area contributed by atoms with E-state index in [1.54, 1.807) is 12.1 Å². The largest absolute Gasteiger partial charge is 0.481 e. The summed E-state index contributed by atoms with van der Waals surface area (Å²) in [5.41, 5.74) is 1.50. The molecule has 3 atom stereocenters. The van der Waals surface area contributed by atoms with Gasteiger partial charge in [-0.05, 0) is 29.2 Å². The van der Waals surface area contributed by atoms with Crippen LogP contribution in [0.15, 0.2) is 48.5 Å². The number of rotatable bonds is 5. The molecule has 2 aliphatic rings. The molecule has 4 rings (SSSR count). The van der Waals surface area contributed by atoms with E-state index in [0.29, 0.717) is 12.0 Å². The van der Waals surface area contributed by atoms with Gasteiger partial charge >= 0.3 is 12.1 Å². The lowest BCUT2D eigenvalue weighted by Crippen LogP contribution is -2.34. The highest BCUT2D eigenvalue weighted by Gasteiger charge is 2.69. The number of aliphatic carboxylic acids is 1. The number of carbonyl (C=O) groups excluding carboxylic acids is 1. The Morgan fingerprint density at radius 2 is 1.79 bits per heavy atom. The molecule has 4 nitrogen and oxygen atoms in total. The molecular formula is C22H20F3NO3. The van der Waals surface area contributed by atoms with E-state index in [-0.39, 0.29) is 23.9 Å². The molecule has 152 valence electrons. The Hall–Kier alpha value is -2.83. The minimum Gasteiger partial charge on any atom is -0.481 e. The summed E-state index contributed by atoms with van der Waals surface area (Å²) in [6.45, 7) is 0.433. The van der Waals surface area contributed by atoms with Crippen LogP contribution >= 0.6 is 0 Å². The molecule has 0 spiro atoms. The third kappa shape index (κ3) is 3.09. The number of benzene rings is 2. The van der Waals surface area contributed by atoms with Crippen molar-refractivity contribution in [1.29, 1.82) is 0 Å². The summed E-state index contributed by atoms with van der Waals surface area (Å²) in [5, 5.41) is 9.99. The molecule has 1 heterocycles. The number of carboxylic acid groups (broad SMARTS) is 1. The van der Waals surface area contributed by atoms with Crippen molar-refractivity contribution in [3.05, 3.63) is 70.8 Å². The van der Waals surface area contributed by atoms with E-state index in [2.05, 4.69) is 0 Å². The lowest BCUT2D eigenvalue weighted by Gasteiger charge is -2.17. The summed E-state index contributed by atoms with van der Waals surface area (Å²) < 4.78 is 38.2. The zero-order chi connectivity index (χ0) is 21.0. The number of alkyl halides is 3. The van der Waals surface area contributed by atoms with Crippen molar-refractivity contribution in [3.8, 4) is 0 Å². The summed E-state index contributed by atoms with van der Waals surface area (Å²) in [5.74, 6) is -2.02. The molecule has 0 unspecified atom stereocenters. The van der Waals surface area contributed by atoms with Gasteiger partial charge in [0, 0.05) is 23.9 Å². The first-order chi connectivity index (χ1) is 13.7. The van der Waals surface area contributed by atoms with Gasteiger partial charge in [-0.15, -0.1) is 0 Å². The van der Waals surface area contributed by atoms with Crippen molar-refractivity contribution in [2.45, 2.75) is 37.9 Å². The minimum absolute atomic E-state index is 0.115. The van der Waals surface area contributed by atoms with E-state index >= 15 is 0 Å². The number of amides is 1. The van der Waals surface area contributed by atoms with E-state index in [9.17, 15) is 27.9 Å². The Labute approximate surface area is 165 Å². The van der Waals surface area contributed by atoms with Crippen LogP contribution in [0.3, 0.4) is 0 Å². The van der Waals surface area contributed by atoms with E-state index in [4.69, 9.17) is 0 Å². The third-order valence-corrected chi connectivity index (χ3v) is 6.21. The van der Waals surface area contributed by atoms with E-state index in [0.717, 1.165) is 16.0 Å². The average Bonchev–Trinajstić information content (AvgIpc) is 3.28. The van der Waals surface area contributed by atoms with Crippen molar-refractivity contribution in [1.82, 2.24) is 4.90 Å². The molecule has 2 aromatic carbocycles. The zero-order valence-electron chi connectivity index (χ0n) is 15.7. The molecule has 2 aromatic rings. The molecule has 1 amide bonds. The molecule has 1 aliphatic heterocycles. The van der Waals surface area contributed by atoms with E-state index in [1.807, 2.05) is 37.3 Å². The Bertz CT molecular complexity index is 973. The van der Waals surface area contributed by atoms with Crippen LogP contribution in [0.25, 0.3) is 0 Å². The van der Waals surface area contributed by atoms with Crippen molar-refractivity contribution in [3.63, 3.8) is 0 Å². The SMILES string of the molecule is CC[C@@]1(C(=O)O)[C@@H](c2ccccc2)[C@@H]1c1ccc2c(c1)CN(CC(F)(F)F)C2=O. The number of carboxylic acids is 1. The topological polar surface area (TPSA) is 57.6 Å². The number of nitrogens with zero attached hydrogens (tertiary/aromatic N) is 1. The summed E-state index contributed by atoms with van der Waals surface area (Å²) in [4.78, 5) is 25.2. The summed E-state index contributed by atoms with van der Waals surface area (Å²) in [6.07, 6.45) is -4.03. The molecule has 1 N–H and O–H groups in total. The monoisotopic (exact) mass is 403 g/mol. The van der Waals surface area contributed by atoms with Gasteiger partial charge in [0.1, 0.15) is 6.54 Å². The lowest BCUT2D eigenvalue weighted by atomic mass is 9.94. The summed E-state index contributed by atoms with van der Waals surface area (Å²) in [7, 11) is 0. The van der Waals surface area contributed by atoms with Crippen LogP contribution in [-0.4, -0.2) is 34.6 Å². The van der Waals surface area contributed by atoms with Gasteiger partial charge in [0.25, 0.3) is 5.91 Å². The smallest absolute Gasteiger partial charge is 0.406 e. The van der Waals surface area contributed by atoms with Crippen molar-refractivity contribution < 1.29 is 27.9 Å². The number of hydrogen-bond donors (Lipinski definition) is 1. The molecule has 7 heteroatoms. The first-order valence-electron chi connectivity index (χ1n) is 9.46. The summed E-state index contributed by atoms with van der Waals surface area (Å²) in [6, 6.07) is 14.3. The minimum atomic E-state index is -4.46. The van der Waals surface area contributed by atoms with Crippen LogP contribution in [0.4, 0.5) is 13.2 Å². The molecule has 0 saturated heterocycles. The second-order valence-corrected chi connectivity index (χ2v) is 7.76. The Morgan fingerprint density at radius 3 is 2.38 bits per heavy atom. The van der Waals surface area contributed by atoms with Gasteiger partial charge in [0.15, 0.2) is 0 Å². The number of carbonyl (C=O) groups is 2. The molecule has 1 saturated carbocycles. The Kier molecular flexibility index (Phi) is 4.44. The zero-order valence-corrected chi connectivity index (χ0v) is 15.7. The van der Waals surface area contributed by atoms with Crippen molar-refractivity contribution in [2.75, 3.05) is 6.54 Å². The van der Waals surface area contributed by atoms with Gasteiger partial charge < -0.3 is 10.0 Å². The normalized spacial score (nSPS) is 25.8. The highest BCUT2D eigenvalue weighted by Crippen LogP contribution is 2.72. The van der Waals surface area contributed by atoms with Gasteiger partial charge in [-0.2, -0.15) is 13.2 Å². The maximum absolute atomic E-state index is 12.7. The van der Waals surface area contributed by atoms with Gasteiger partial charge in [0.2, 0.25) is 0 Å². The molecule has 0 radical (unpaired) electrons. The third-order valence-electron chi connectivity index (χ3n) is 6.21. The van der Waals surface area contributed by atoms with Gasteiger partial charge in [-0.1, -0.05) is 49.4 Å². The fraction of sp³-hybridized carbons (Fsp3) is 0.364. The molecule has 29 heavy (non-hydrogen) atoms. The second-order valence-electron chi connectivity index (χ2n) is 7.76. The lowest BCUT2D eigenvalue weighted by molar-refractivity contribution is -0.144. The second kappa shape index (κ2) is 6.61. The fourth-order valence-corrected chi connectivity index (χ4v) is 4.88. The van der Waals surface area contributed by atoms with Gasteiger partial charge in [-0.3, -0.25) is 9.59 Å². The molecule has 0 bridgehead atoms. The highest BCUT2D eigenvalue weighted by molar-refractivity contribution is 5.98. The van der Waals surface area contributed by atoms with Gasteiger partial charge in [0.05, 0.1) is 5.41 Å². The number of fused-ring (bicyclic) bond motifs is 1. The first-order valence-corrected chi connectivity index (χ1v) is 9.46. The van der Waals surface area contributed by atoms with Crippen LogP contribution in [-0.2, 0) is 11.3 Å². The summed E-state index contributed by atoms with van der Waals surface area (Å²) >= 11 is 0. The molecule has 0 aromatic heterocycles. The van der Waals surface area contributed by atoms with Crippen LogP contribution in [0.5, 0.6) is 0 Å². The standard InChI is InChI=1S/C22H20F3NO3/c1-2-21(20(28)29)17(13-6-4-3-5-7-13)18(21)14-8-9-16-15(10-14)11-26(19(16)27)12-22(23,24)25/h3-10,17-18H,2,11-12H2,1H3,(H,28,29)/t17-,18-,21+/m0/s1. The molecular weight excluding hydrogens is 383 g/mol. The van der Waals surface area contributed by atoms with Crippen LogP contribution in [0, 0.1) is 5.41 Å². The fourth-order valence-electron chi connectivity index (χ4n) is 4.88. The molecule has 1 fully saturated rings. The van der Waals surface area contributed by atoms with E-state index in [1.165, 1.54) is 6.07 Å². The Balaban J connectivity index is 1.69. The van der Waals surface area contributed by atoms with Crippen LogP contribution < -0.4 is 0 Å². The number of halogens is 3. The predicted octanol–water partition coefficient (Wildman–Crippen LogP) is 4.57. The molecule has 1 aliphatic carbocycles. The quantitative estimate of drug-likeness (QED) is 0.796. The van der Waals surface area contributed by atoms with Gasteiger partial charge in [-0.25, -0.2) is 0 Å². The maximum Gasteiger partial charge on any atom is 0.406 e. The maximum atomic E-state index is 12.7.